The monoisotopic (exact) mass is 860 g/mol. The number of para-hydroxylation sites is 1. The Morgan fingerprint density at radius 1 is 0.576 bits per heavy atom. The van der Waals surface area contributed by atoms with Crippen molar-refractivity contribution in [3.63, 3.8) is 0 Å². The van der Waals surface area contributed by atoms with Gasteiger partial charge in [-0.05, 0) is 69.3 Å². The van der Waals surface area contributed by atoms with Crippen LogP contribution in [-0.2, 0) is 31.3 Å². The van der Waals surface area contributed by atoms with Gasteiger partial charge >= 0.3 is 20.4 Å². The number of ether oxygens (including phenoxy) is 1. The van der Waals surface area contributed by atoms with Crippen LogP contribution >= 0.6 is 0 Å². The van der Waals surface area contributed by atoms with Gasteiger partial charge in [-0.3, -0.25) is 4.68 Å². The molecule has 0 aliphatic rings. The minimum atomic E-state index is -0.0593. The fraction of sp³-hybridized carbons (Fsp3) is 0.170. The van der Waals surface area contributed by atoms with E-state index in [0.717, 1.165) is 72.5 Å². The van der Waals surface area contributed by atoms with E-state index >= 15 is 0 Å². The summed E-state index contributed by atoms with van der Waals surface area (Å²) in [6.07, 6.45) is 1.85. The number of hydrogen-bond donors (Lipinski definition) is 0. The van der Waals surface area contributed by atoms with Gasteiger partial charge in [0.05, 0.1) is 5.69 Å². The Labute approximate surface area is 361 Å². The van der Waals surface area contributed by atoms with Crippen LogP contribution in [-0.4, -0.2) is 19.3 Å². The molecule has 0 spiro atoms. The van der Waals surface area contributed by atoms with Crippen molar-refractivity contribution in [2.24, 2.45) is 0 Å². The van der Waals surface area contributed by atoms with Crippen molar-refractivity contribution in [2.75, 3.05) is 0 Å². The molecule has 0 atom stereocenters. The molecule has 294 valence electrons. The van der Waals surface area contributed by atoms with E-state index in [2.05, 4.69) is 180 Å². The Morgan fingerprint density at radius 2 is 1.22 bits per heavy atom. The molecule has 0 amide bonds. The maximum atomic E-state index is 6.63. The Kier molecular flexibility index (Phi) is 10.5. The predicted molar refractivity (Wildman–Crippen MR) is 238 cm³/mol. The fourth-order valence-corrected chi connectivity index (χ4v) is 7.72. The largest absolute Gasteiger partial charge is 2.00 e. The molecule has 5 nitrogen and oxygen atoms in total. The van der Waals surface area contributed by atoms with E-state index in [4.69, 9.17) is 14.8 Å². The van der Waals surface area contributed by atoms with Crippen molar-refractivity contribution >= 4 is 21.8 Å². The van der Waals surface area contributed by atoms with Crippen LogP contribution < -0.4 is 4.74 Å². The van der Waals surface area contributed by atoms with Crippen LogP contribution in [0.15, 0.2) is 152 Å². The zero-order valence-corrected chi connectivity index (χ0v) is 36.0. The average Bonchev–Trinajstić information content (AvgIpc) is 3.78. The summed E-state index contributed by atoms with van der Waals surface area (Å²) in [5, 5.41) is 7.68. The van der Waals surface area contributed by atoms with Crippen LogP contribution in [0.2, 0.25) is 0 Å². The van der Waals surface area contributed by atoms with E-state index < -0.39 is 0 Å². The Hall–Kier alpha value is -6.06. The minimum absolute atomic E-state index is 0. The molecule has 6 heteroatoms. The second kappa shape index (κ2) is 15.6. The first-order chi connectivity index (χ1) is 27.9. The molecule has 0 saturated carbocycles. The minimum Gasteiger partial charge on any atom is -0.509 e. The molecule has 0 N–H and O–H groups in total. The molecule has 0 radical (unpaired) electrons. The molecule has 3 aromatic heterocycles. The van der Waals surface area contributed by atoms with Crippen LogP contribution in [0.1, 0.15) is 58.2 Å². The van der Waals surface area contributed by atoms with E-state index in [1.807, 2.05) is 41.2 Å². The van der Waals surface area contributed by atoms with Gasteiger partial charge in [-0.25, -0.2) is 4.98 Å². The third-order valence-corrected chi connectivity index (χ3v) is 10.8. The molecule has 0 saturated heterocycles. The fourth-order valence-electron chi connectivity index (χ4n) is 7.72. The molecule has 3 heterocycles. The zero-order chi connectivity index (χ0) is 40.2. The van der Waals surface area contributed by atoms with Crippen LogP contribution in [0, 0.1) is 19.1 Å². The summed E-state index contributed by atoms with van der Waals surface area (Å²) in [6.45, 7) is 15.8. The number of pyridine rings is 1. The second-order valence-electron chi connectivity index (χ2n) is 17.1. The van der Waals surface area contributed by atoms with Crippen molar-refractivity contribution < 1.29 is 25.2 Å². The molecule has 6 aromatic carbocycles. The number of benzene rings is 6. The molecular weight excluding hydrogens is 815 g/mol. The van der Waals surface area contributed by atoms with Gasteiger partial charge in [0.25, 0.3) is 0 Å². The van der Waals surface area contributed by atoms with E-state index in [1.54, 1.807) is 0 Å². The van der Waals surface area contributed by atoms with Gasteiger partial charge in [0, 0.05) is 39.9 Å². The number of fused-ring (bicyclic) bond motifs is 3. The summed E-state index contributed by atoms with van der Waals surface area (Å²) in [4.78, 5) is 4.75. The first kappa shape index (κ1) is 39.8. The third-order valence-electron chi connectivity index (χ3n) is 10.8. The van der Waals surface area contributed by atoms with Gasteiger partial charge in [0.15, 0.2) is 0 Å². The summed E-state index contributed by atoms with van der Waals surface area (Å²) in [5.74, 6) is 1.99. The third kappa shape index (κ3) is 7.67. The quantitative estimate of drug-likeness (QED) is 0.118. The molecule has 9 rings (SSSR count). The van der Waals surface area contributed by atoms with E-state index in [0.29, 0.717) is 11.5 Å². The van der Waals surface area contributed by atoms with E-state index in [9.17, 15) is 0 Å². The van der Waals surface area contributed by atoms with Crippen molar-refractivity contribution in [2.45, 2.75) is 59.3 Å². The molecular formula is C53H46N4OPd. The molecule has 9 aromatic rings. The molecule has 0 aliphatic carbocycles. The van der Waals surface area contributed by atoms with Gasteiger partial charge in [-0.2, -0.15) is 17.2 Å². The number of hydrogen-bond acceptors (Lipinski definition) is 3. The number of rotatable bonds is 7. The maximum absolute atomic E-state index is 6.63. The van der Waals surface area contributed by atoms with Crippen LogP contribution in [0.3, 0.4) is 0 Å². The normalized spacial score (nSPS) is 11.8. The van der Waals surface area contributed by atoms with Crippen LogP contribution in [0.25, 0.3) is 67.0 Å². The van der Waals surface area contributed by atoms with Gasteiger partial charge in [-0.1, -0.05) is 144 Å². The van der Waals surface area contributed by atoms with Gasteiger partial charge < -0.3 is 9.30 Å². The van der Waals surface area contributed by atoms with Crippen molar-refractivity contribution in [3.05, 3.63) is 181 Å². The number of aryl methyl sites for hydroxylation is 1. The van der Waals surface area contributed by atoms with Gasteiger partial charge in [0.1, 0.15) is 11.5 Å². The average molecular weight is 861 g/mol. The molecule has 0 unspecified atom stereocenters. The van der Waals surface area contributed by atoms with Crippen molar-refractivity contribution in [3.8, 4) is 56.6 Å². The number of nitrogens with zero attached hydrogens (tertiary/aromatic N) is 4. The van der Waals surface area contributed by atoms with Crippen LogP contribution in [0.5, 0.6) is 11.5 Å². The summed E-state index contributed by atoms with van der Waals surface area (Å²) < 4.78 is 10.8. The van der Waals surface area contributed by atoms with E-state index in [-0.39, 0.29) is 31.3 Å². The predicted octanol–water partition coefficient (Wildman–Crippen LogP) is 13.7. The number of aromatic nitrogens is 4. The summed E-state index contributed by atoms with van der Waals surface area (Å²) in [7, 11) is 0. The van der Waals surface area contributed by atoms with Crippen LogP contribution in [0.4, 0.5) is 0 Å². The first-order valence-electron chi connectivity index (χ1n) is 19.9. The maximum Gasteiger partial charge on any atom is 2.00 e. The molecule has 0 fully saturated rings. The Balaban J connectivity index is 0.00000484. The Bertz CT molecular complexity index is 2920. The summed E-state index contributed by atoms with van der Waals surface area (Å²) in [6, 6.07) is 57.9. The Morgan fingerprint density at radius 3 is 1.90 bits per heavy atom. The molecule has 59 heavy (non-hydrogen) atoms. The molecule has 0 aliphatic heterocycles. The van der Waals surface area contributed by atoms with Crippen molar-refractivity contribution in [1.82, 2.24) is 19.3 Å². The topological polar surface area (TPSA) is 44.9 Å². The second-order valence-corrected chi connectivity index (χ2v) is 17.1. The smallest absolute Gasteiger partial charge is 0.509 e. The van der Waals surface area contributed by atoms with Gasteiger partial charge in [-0.15, -0.1) is 35.7 Å². The standard InChI is InChI=1S/C53H46N4O.Pd/c1-35-27-28-54-48(29-35)56-46-24-15-14-23-44(46)45-26-25-43(34-47(45)56)58-42-22-16-21-41(33-42)57-51(37-19-12-9-13-20-37)49(50(55-57)36-17-10-8-11-18-36)38-30-39(52(2,3)4)32-40(31-38)53(5,6)7;/h8-32H,1-7H3;/q-2;+2. The molecule has 0 bridgehead atoms. The van der Waals surface area contributed by atoms with Gasteiger partial charge in [0.2, 0.25) is 0 Å². The summed E-state index contributed by atoms with van der Waals surface area (Å²) >= 11 is 0. The summed E-state index contributed by atoms with van der Waals surface area (Å²) in [5.41, 5.74) is 12.5. The van der Waals surface area contributed by atoms with E-state index in [1.165, 1.54) is 11.1 Å². The SMILES string of the molecule is Cc1ccnc(-n2c3[c-]c(Oc4[c-]c(-n5nc(-c6ccccc6)c(-c6cc(C(C)(C)C)cc(C(C)(C)C)c6)c5-c5ccccc5)ccc4)ccc3c3ccccc32)c1.[Pd+2]. The zero-order valence-electron chi connectivity index (χ0n) is 34.4. The first-order valence-corrected chi connectivity index (χ1v) is 19.9. The van der Waals surface area contributed by atoms with Crippen molar-refractivity contribution in [1.29, 1.82) is 0 Å².